The van der Waals surface area contributed by atoms with Crippen molar-refractivity contribution >= 4 is 50.5 Å². The van der Waals surface area contributed by atoms with Crippen LogP contribution in [0.1, 0.15) is 36.5 Å². The SMILES string of the molecule is CC1CCN(Cc2ccc3nc(NC(=O)N/N=C/c4ccc(OCc5cccc(Cl)c5)cc4O)sc3c2)CC1. The Balaban J connectivity index is 1.12. The van der Waals surface area contributed by atoms with Gasteiger partial charge in [0.05, 0.1) is 16.4 Å². The van der Waals surface area contributed by atoms with Gasteiger partial charge in [-0.3, -0.25) is 10.2 Å². The van der Waals surface area contributed by atoms with E-state index in [9.17, 15) is 9.90 Å². The van der Waals surface area contributed by atoms with Gasteiger partial charge in [0.2, 0.25) is 0 Å². The standard InChI is InChI=1S/C29H30ClN5O3S/c1-19-9-11-35(12-10-19)17-20-5-8-25-27(14-20)39-29(32-25)33-28(37)34-31-16-22-6-7-24(15-26(22)36)38-18-21-3-2-4-23(30)13-21/h2-8,13-16,19,36H,9-12,17-18H2,1H3,(H2,32,33,34,37)/b31-16+. The van der Waals surface area contributed by atoms with Crippen LogP contribution in [0.2, 0.25) is 5.02 Å². The van der Waals surface area contributed by atoms with Gasteiger partial charge in [-0.15, -0.1) is 0 Å². The quantitative estimate of drug-likeness (QED) is 0.165. The third kappa shape index (κ3) is 7.47. The highest BCUT2D eigenvalue weighted by atomic mass is 35.5. The molecule has 4 aromatic rings. The molecule has 3 aromatic carbocycles. The maximum atomic E-state index is 12.4. The van der Waals surface area contributed by atoms with Crippen molar-refractivity contribution in [1.82, 2.24) is 15.3 Å². The Morgan fingerprint density at radius 1 is 1.18 bits per heavy atom. The molecule has 8 nitrogen and oxygen atoms in total. The lowest BCUT2D eigenvalue weighted by molar-refractivity contribution is 0.185. The van der Waals surface area contributed by atoms with Gasteiger partial charge in [-0.1, -0.05) is 48.1 Å². The highest BCUT2D eigenvalue weighted by Crippen LogP contribution is 2.28. The van der Waals surface area contributed by atoms with Crippen LogP contribution in [0.25, 0.3) is 10.2 Å². The van der Waals surface area contributed by atoms with Crippen molar-refractivity contribution in [3.8, 4) is 11.5 Å². The molecule has 1 fully saturated rings. The molecule has 1 saturated heterocycles. The van der Waals surface area contributed by atoms with Crippen LogP contribution in [-0.2, 0) is 13.2 Å². The highest BCUT2D eigenvalue weighted by molar-refractivity contribution is 7.22. The predicted octanol–water partition coefficient (Wildman–Crippen LogP) is 6.62. The lowest BCUT2D eigenvalue weighted by Crippen LogP contribution is -2.32. The zero-order valence-corrected chi connectivity index (χ0v) is 23.1. The number of nitrogens with one attached hydrogen (secondary N) is 2. The molecule has 2 heterocycles. The number of anilines is 1. The molecule has 39 heavy (non-hydrogen) atoms. The molecule has 0 unspecified atom stereocenters. The fraction of sp³-hybridized carbons (Fsp3) is 0.276. The number of hydrogen-bond donors (Lipinski definition) is 3. The van der Waals surface area contributed by atoms with Gasteiger partial charge < -0.3 is 9.84 Å². The molecule has 1 aromatic heterocycles. The van der Waals surface area contributed by atoms with E-state index in [-0.39, 0.29) is 5.75 Å². The number of halogens is 1. The second-order valence-corrected chi connectivity index (χ2v) is 11.2. The predicted molar refractivity (Wildman–Crippen MR) is 157 cm³/mol. The minimum Gasteiger partial charge on any atom is -0.507 e. The number of aromatic nitrogens is 1. The maximum absolute atomic E-state index is 12.4. The first kappa shape index (κ1) is 26.9. The van der Waals surface area contributed by atoms with Crippen LogP contribution in [0.5, 0.6) is 11.5 Å². The minimum atomic E-state index is -0.520. The Labute approximate surface area is 236 Å². The zero-order valence-electron chi connectivity index (χ0n) is 21.6. The first-order valence-corrected chi connectivity index (χ1v) is 14.0. The fourth-order valence-electron chi connectivity index (χ4n) is 4.40. The third-order valence-electron chi connectivity index (χ3n) is 6.62. The summed E-state index contributed by atoms with van der Waals surface area (Å²) in [6.45, 7) is 5.84. The molecular formula is C29H30ClN5O3S. The summed E-state index contributed by atoms with van der Waals surface area (Å²) in [6.07, 6.45) is 3.86. The van der Waals surface area contributed by atoms with E-state index in [1.807, 2.05) is 24.3 Å². The number of carbonyl (C=O) groups excluding carboxylic acids is 1. The molecule has 0 spiro atoms. The molecule has 1 aliphatic heterocycles. The van der Waals surface area contributed by atoms with Crippen LogP contribution < -0.4 is 15.5 Å². The van der Waals surface area contributed by atoms with Crippen LogP contribution in [0.3, 0.4) is 0 Å². The van der Waals surface area contributed by atoms with E-state index in [0.717, 1.165) is 41.3 Å². The number of hydrogen-bond acceptors (Lipinski definition) is 7. The molecule has 3 N–H and O–H groups in total. The van der Waals surface area contributed by atoms with Crippen LogP contribution in [0, 0.1) is 5.92 Å². The van der Waals surface area contributed by atoms with Crippen molar-refractivity contribution in [2.75, 3.05) is 18.4 Å². The summed E-state index contributed by atoms with van der Waals surface area (Å²) in [4.78, 5) is 19.3. The number of amides is 2. The van der Waals surface area contributed by atoms with Gasteiger partial charge >= 0.3 is 6.03 Å². The average molecular weight is 564 g/mol. The summed E-state index contributed by atoms with van der Waals surface area (Å²) < 4.78 is 6.74. The molecule has 0 saturated carbocycles. The number of benzene rings is 3. The van der Waals surface area contributed by atoms with Gasteiger partial charge in [-0.2, -0.15) is 5.10 Å². The number of rotatable bonds is 8. The second-order valence-electron chi connectivity index (χ2n) is 9.74. The Morgan fingerprint density at radius 2 is 2.03 bits per heavy atom. The molecule has 0 radical (unpaired) electrons. The molecule has 5 rings (SSSR count). The van der Waals surface area contributed by atoms with Crippen molar-refractivity contribution in [3.05, 3.63) is 82.4 Å². The van der Waals surface area contributed by atoms with E-state index in [1.54, 1.807) is 18.2 Å². The van der Waals surface area contributed by atoms with E-state index in [4.69, 9.17) is 16.3 Å². The topological polar surface area (TPSA) is 99.1 Å². The number of thiazole rings is 1. The van der Waals surface area contributed by atoms with Gasteiger partial charge in [-0.25, -0.2) is 15.2 Å². The zero-order chi connectivity index (χ0) is 27.2. The van der Waals surface area contributed by atoms with E-state index in [1.165, 1.54) is 42.0 Å². The fourth-order valence-corrected chi connectivity index (χ4v) is 5.54. The molecule has 2 amide bonds. The number of likely N-dealkylation sites (tertiary alicyclic amines) is 1. The molecule has 0 bridgehead atoms. The van der Waals surface area contributed by atoms with Crippen molar-refractivity contribution in [1.29, 1.82) is 0 Å². The van der Waals surface area contributed by atoms with Gasteiger partial charge in [0.15, 0.2) is 5.13 Å². The van der Waals surface area contributed by atoms with Gasteiger partial charge in [0.1, 0.15) is 18.1 Å². The lowest BCUT2D eigenvalue weighted by Gasteiger charge is -2.30. The largest absolute Gasteiger partial charge is 0.507 e. The van der Waals surface area contributed by atoms with Crippen molar-refractivity contribution in [3.63, 3.8) is 0 Å². The lowest BCUT2D eigenvalue weighted by atomic mass is 9.99. The number of phenolic OH excluding ortho intramolecular Hbond substituents is 1. The molecule has 0 atom stereocenters. The van der Waals surface area contributed by atoms with E-state index in [2.05, 4.69) is 44.8 Å². The summed E-state index contributed by atoms with van der Waals surface area (Å²) in [7, 11) is 0. The Morgan fingerprint density at radius 3 is 2.82 bits per heavy atom. The summed E-state index contributed by atoms with van der Waals surface area (Å²) in [5, 5.41) is 18.1. The van der Waals surface area contributed by atoms with Crippen LogP contribution in [0.15, 0.2) is 65.8 Å². The van der Waals surface area contributed by atoms with E-state index in [0.29, 0.717) is 28.1 Å². The number of piperidine rings is 1. The Hall–Kier alpha value is -3.66. The van der Waals surface area contributed by atoms with Crippen LogP contribution in [-0.4, -0.2) is 40.3 Å². The van der Waals surface area contributed by atoms with Crippen molar-refractivity contribution < 1.29 is 14.6 Å². The Kier molecular flexibility index (Phi) is 8.61. The molecule has 10 heteroatoms. The number of carbonyl (C=O) groups is 1. The smallest absolute Gasteiger partial charge is 0.341 e. The van der Waals surface area contributed by atoms with E-state index < -0.39 is 6.03 Å². The minimum absolute atomic E-state index is 0.0226. The number of aromatic hydroxyl groups is 1. The molecule has 0 aliphatic carbocycles. The van der Waals surface area contributed by atoms with E-state index >= 15 is 0 Å². The number of hydrazone groups is 1. The highest BCUT2D eigenvalue weighted by Gasteiger charge is 2.16. The molecule has 1 aliphatic rings. The summed E-state index contributed by atoms with van der Waals surface area (Å²) >= 11 is 7.42. The first-order valence-electron chi connectivity index (χ1n) is 12.8. The Bertz CT molecular complexity index is 1480. The third-order valence-corrected chi connectivity index (χ3v) is 7.79. The van der Waals surface area contributed by atoms with Gasteiger partial charge in [-0.05, 0) is 79.4 Å². The normalized spacial score (nSPS) is 14.6. The molecular weight excluding hydrogens is 534 g/mol. The number of nitrogens with zero attached hydrogens (tertiary/aromatic N) is 3. The number of phenols is 1. The van der Waals surface area contributed by atoms with Gasteiger partial charge in [0.25, 0.3) is 0 Å². The number of fused-ring (bicyclic) bond motifs is 1. The first-order chi connectivity index (χ1) is 18.9. The maximum Gasteiger partial charge on any atom is 0.341 e. The van der Waals surface area contributed by atoms with Crippen molar-refractivity contribution in [2.24, 2.45) is 11.0 Å². The molecule has 202 valence electrons. The monoisotopic (exact) mass is 563 g/mol. The van der Waals surface area contributed by atoms with Crippen molar-refractivity contribution in [2.45, 2.75) is 32.9 Å². The summed E-state index contributed by atoms with van der Waals surface area (Å²) in [5.74, 6) is 1.29. The average Bonchev–Trinajstić information content (AvgIpc) is 3.31. The number of urea groups is 1. The van der Waals surface area contributed by atoms with Crippen LogP contribution in [0.4, 0.5) is 9.93 Å². The number of ether oxygens (including phenoxy) is 1. The van der Waals surface area contributed by atoms with Gasteiger partial charge in [0, 0.05) is 23.2 Å². The summed E-state index contributed by atoms with van der Waals surface area (Å²) in [6, 6.07) is 18.0. The summed E-state index contributed by atoms with van der Waals surface area (Å²) in [5.41, 5.74) is 5.86. The van der Waals surface area contributed by atoms with Crippen LogP contribution >= 0.6 is 22.9 Å². The second kappa shape index (κ2) is 12.5.